The minimum atomic E-state index is -2.66. The van der Waals surface area contributed by atoms with Gasteiger partial charge in [-0.05, 0) is 31.9 Å². The number of nitrogens with zero attached hydrogens (tertiary/aromatic N) is 3. The molecule has 1 aliphatic rings. The number of carbonyl (C=O) groups is 1. The van der Waals surface area contributed by atoms with Crippen molar-refractivity contribution in [3.05, 3.63) is 28.7 Å². The standard InChI is InChI=1S/C13H14ClF2N3O/c1-3-8-6-10(12(15)16)18-19(8)13-9(7(2)20)4-5-11(14)17-13/h5-6,9,12H,3-4H2,1-2H3. The maximum absolute atomic E-state index is 12.8. The molecule has 7 heteroatoms. The number of hydrogen-bond acceptors (Lipinski definition) is 3. The van der Waals surface area contributed by atoms with E-state index in [0.717, 1.165) is 0 Å². The van der Waals surface area contributed by atoms with E-state index in [1.54, 1.807) is 6.08 Å². The van der Waals surface area contributed by atoms with Crippen LogP contribution in [0.2, 0.25) is 0 Å². The Bertz CT molecular complexity index is 592. The summed E-state index contributed by atoms with van der Waals surface area (Å²) in [5.74, 6) is -0.290. The number of rotatable bonds is 3. The molecule has 4 nitrogen and oxygen atoms in total. The summed E-state index contributed by atoms with van der Waals surface area (Å²) in [5, 5.41) is 4.11. The Hall–Kier alpha value is -1.56. The number of Topliss-reactive ketones (excluding diaryl/α,β-unsaturated/α-hetero) is 1. The highest BCUT2D eigenvalue weighted by Gasteiger charge is 2.28. The van der Waals surface area contributed by atoms with Gasteiger partial charge in [-0.15, -0.1) is 0 Å². The van der Waals surface area contributed by atoms with Crippen LogP contribution in [0.4, 0.5) is 8.78 Å². The topological polar surface area (TPSA) is 47.2 Å². The van der Waals surface area contributed by atoms with Crippen LogP contribution < -0.4 is 0 Å². The third-order valence-corrected chi connectivity index (χ3v) is 3.39. The van der Waals surface area contributed by atoms with Crippen molar-refractivity contribution in [2.45, 2.75) is 33.1 Å². The van der Waals surface area contributed by atoms with Gasteiger partial charge in [0.2, 0.25) is 0 Å². The Kier molecular flexibility index (Phi) is 4.32. The van der Waals surface area contributed by atoms with Gasteiger partial charge >= 0.3 is 0 Å². The molecule has 2 heterocycles. The maximum atomic E-state index is 12.8. The average Bonchev–Trinajstić information content (AvgIpc) is 2.82. The van der Waals surface area contributed by atoms with Crippen molar-refractivity contribution in [2.75, 3.05) is 0 Å². The van der Waals surface area contributed by atoms with Gasteiger partial charge in [-0.1, -0.05) is 18.5 Å². The third-order valence-electron chi connectivity index (χ3n) is 3.15. The molecule has 0 bridgehead atoms. The molecular weight excluding hydrogens is 288 g/mol. The number of hydrogen-bond donors (Lipinski definition) is 0. The van der Waals surface area contributed by atoms with Gasteiger partial charge in [0.1, 0.15) is 22.5 Å². The summed E-state index contributed by atoms with van der Waals surface area (Å²) < 4.78 is 26.9. The molecule has 0 amide bonds. The fourth-order valence-electron chi connectivity index (χ4n) is 2.09. The minimum absolute atomic E-state index is 0.0969. The highest BCUT2D eigenvalue weighted by molar-refractivity contribution is 6.30. The summed E-state index contributed by atoms with van der Waals surface area (Å²) in [7, 11) is 0. The molecule has 0 spiro atoms. The molecule has 1 aliphatic heterocycles. The summed E-state index contributed by atoms with van der Waals surface area (Å²) >= 11 is 5.87. The summed E-state index contributed by atoms with van der Waals surface area (Å²) in [4.78, 5) is 15.8. The van der Waals surface area contributed by atoms with E-state index in [0.29, 0.717) is 24.4 Å². The minimum Gasteiger partial charge on any atom is -0.299 e. The van der Waals surface area contributed by atoms with Crippen LogP contribution in [0.25, 0.3) is 0 Å². The Morgan fingerprint density at radius 1 is 1.60 bits per heavy atom. The van der Waals surface area contributed by atoms with Gasteiger partial charge in [0.25, 0.3) is 6.43 Å². The number of alkyl halides is 2. The lowest BCUT2D eigenvalue weighted by atomic mass is 9.98. The van der Waals surface area contributed by atoms with Gasteiger partial charge in [-0.25, -0.2) is 18.5 Å². The molecule has 0 saturated heterocycles. The highest BCUT2D eigenvalue weighted by Crippen LogP contribution is 2.25. The van der Waals surface area contributed by atoms with Gasteiger partial charge in [-0.2, -0.15) is 5.10 Å². The van der Waals surface area contributed by atoms with Crippen molar-refractivity contribution < 1.29 is 13.6 Å². The molecule has 0 fully saturated rings. The predicted octanol–water partition coefficient (Wildman–Crippen LogP) is 3.32. The zero-order chi connectivity index (χ0) is 14.9. The highest BCUT2D eigenvalue weighted by atomic mass is 35.5. The van der Waals surface area contributed by atoms with E-state index in [9.17, 15) is 13.6 Å². The van der Waals surface area contributed by atoms with Crippen molar-refractivity contribution in [3.8, 4) is 0 Å². The first-order chi connectivity index (χ1) is 9.43. The lowest BCUT2D eigenvalue weighted by Gasteiger charge is -2.20. The van der Waals surface area contributed by atoms with E-state index >= 15 is 0 Å². The van der Waals surface area contributed by atoms with Crippen molar-refractivity contribution in [1.82, 2.24) is 9.78 Å². The van der Waals surface area contributed by atoms with E-state index in [-0.39, 0.29) is 16.6 Å². The van der Waals surface area contributed by atoms with Crippen LogP contribution in [-0.2, 0) is 11.2 Å². The first kappa shape index (κ1) is 14.8. The summed E-state index contributed by atoms with van der Waals surface area (Å²) in [6.45, 7) is 3.27. The first-order valence-corrected chi connectivity index (χ1v) is 6.63. The van der Waals surface area contributed by atoms with E-state index in [1.807, 2.05) is 6.92 Å². The predicted molar refractivity (Wildman–Crippen MR) is 72.1 cm³/mol. The molecule has 0 aromatic carbocycles. The number of aromatic nitrogens is 2. The van der Waals surface area contributed by atoms with E-state index in [2.05, 4.69) is 10.1 Å². The van der Waals surface area contributed by atoms with Crippen LogP contribution in [0.15, 0.2) is 22.3 Å². The SMILES string of the molecule is CCc1cc(C(F)F)nn1C1=NC(Cl)=CCC1C(C)=O. The Morgan fingerprint density at radius 2 is 2.30 bits per heavy atom. The second-order valence-electron chi connectivity index (χ2n) is 4.52. The molecular formula is C13H14ClF2N3O. The van der Waals surface area contributed by atoms with Crippen LogP contribution >= 0.6 is 11.6 Å². The molecule has 20 heavy (non-hydrogen) atoms. The second kappa shape index (κ2) is 5.83. The van der Waals surface area contributed by atoms with Crippen LogP contribution in [0, 0.1) is 5.92 Å². The lowest BCUT2D eigenvalue weighted by Crippen LogP contribution is -2.31. The van der Waals surface area contributed by atoms with E-state index in [1.165, 1.54) is 17.7 Å². The number of carbonyl (C=O) groups excluding carboxylic acids is 1. The molecule has 1 aromatic rings. The molecule has 0 aliphatic carbocycles. The first-order valence-electron chi connectivity index (χ1n) is 6.26. The fourth-order valence-corrected chi connectivity index (χ4v) is 2.27. The fraction of sp³-hybridized carbons (Fsp3) is 0.462. The number of aryl methyl sites for hydroxylation is 1. The number of halogens is 3. The number of aliphatic imine (C=N–C) groups is 1. The molecule has 0 saturated carbocycles. The molecule has 108 valence electrons. The number of ketones is 1. The van der Waals surface area contributed by atoms with Gasteiger partial charge in [0, 0.05) is 5.69 Å². The third kappa shape index (κ3) is 2.80. The van der Waals surface area contributed by atoms with E-state index < -0.39 is 12.3 Å². The largest absolute Gasteiger partial charge is 0.299 e. The Morgan fingerprint density at radius 3 is 2.85 bits per heavy atom. The summed E-state index contributed by atoms with van der Waals surface area (Å²) in [6.07, 6.45) is -0.113. The van der Waals surface area contributed by atoms with Crippen molar-refractivity contribution in [3.63, 3.8) is 0 Å². The number of allylic oxidation sites excluding steroid dienone is 1. The van der Waals surface area contributed by atoms with Crippen molar-refractivity contribution >= 4 is 23.2 Å². The zero-order valence-electron chi connectivity index (χ0n) is 11.1. The molecule has 0 radical (unpaired) electrons. The summed E-state index contributed by atoms with van der Waals surface area (Å²) in [6, 6.07) is 1.33. The van der Waals surface area contributed by atoms with Crippen molar-refractivity contribution in [1.29, 1.82) is 0 Å². The quantitative estimate of drug-likeness (QED) is 0.804. The van der Waals surface area contributed by atoms with Crippen molar-refractivity contribution in [2.24, 2.45) is 10.9 Å². The van der Waals surface area contributed by atoms with Gasteiger partial charge < -0.3 is 0 Å². The van der Waals surface area contributed by atoms with Crippen LogP contribution in [0.3, 0.4) is 0 Å². The monoisotopic (exact) mass is 301 g/mol. The molecule has 0 N–H and O–H groups in total. The normalized spacial score (nSPS) is 19.0. The van der Waals surface area contributed by atoms with E-state index in [4.69, 9.17) is 11.6 Å². The van der Waals surface area contributed by atoms with Crippen LogP contribution in [0.1, 0.15) is 38.1 Å². The van der Waals surface area contributed by atoms with Gasteiger partial charge in [-0.3, -0.25) is 4.79 Å². The van der Waals surface area contributed by atoms with Gasteiger partial charge in [0.15, 0.2) is 0 Å². The van der Waals surface area contributed by atoms with Crippen LogP contribution in [-0.4, -0.2) is 21.4 Å². The van der Waals surface area contributed by atoms with Gasteiger partial charge in [0.05, 0.1) is 5.92 Å². The second-order valence-corrected chi connectivity index (χ2v) is 4.91. The Labute approximate surface area is 120 Å². The summed E-state index contributed by atoms with van der Waals surface area (Å²) in [5.41, 5.74) is 0.259. The molecule has 1 atom stereocenters. The molecule has 2 rings (SSSR count). The Balaban J connectivity index is 2.52. The lowest BCUT2D eigenvalue weighted by molar-refractivity contribution is -0.118. The molecule has 1 unspecified atom stereocenters. The smallest absolute Gasteiger partial charge is 0.282 e. The molecule has 1 aromatic heterocycles. The zero-order valence-corrected chi connectivity index (χ0v) is 11.9. The maximum Gasteiger partial charge on any atom is 0.282 e. The average molecular weight is 302 g/mol. The van der Waals surface area contributed by atoms with Crippen LogP contribution in [0.5, 0.6) is 0 Å².